The Bertz CT molecular complexity index is 657. The van der Waals surface area contributed by atoms with Gasteiger partial charge in [0.1, 0.15) is 5.75 Å². The molecule has 0 bridgehead atoms. The summed E-state index contributed by atoms with van der Waals surface area (Å²) in [7, 11) is 0. The monoisotopic (exact) mass is 333 g/mol. The highest BCUT2D eigenvalue weighted by molar-refractivity contribution is 9.10. The number of hydrogen-bond acceptors (Lipinski definition) is 4. The second-order valence-electron chi connectivity index (χ2n) is 4.04. The molecule has 5 nitrogen and oxygen atoms in total. The van der Waals surface area contributed by atoms with Crippen molar-refractivity contribution in [3.05, 3.63) is 58.3 Å². The third-order valence-corrected chi connectivity index (χ3v) is 3.09. The van der Waals surface area contributed by atoms with E-state index in [1.54, 1.807) is 43.5 Å². The highest BCUT2D eigenvalue weighted by Crippen LogP contribution is 2.22. The molecule has 2 rings (SSSR count). The molecule has 1 heterocycles. The summed E-state index contributed by atoms with van der Waals surface area (Å²) in [6.07, 6.45) is 3.04. The summed E-state index contributed by atoms with van der Waals surface area (Å²) < 4.78 is 0.818. The number of hydrazone groups is 1. The second kappa shape index (κ2) is 6.29. The highest BCUT2D eigenvalue weighted by Gasteiger charge is 2.07. The summed E-state index contributed by atoms with van der Waals surface area (Å²) >= 11 is 3.32. The number of aromatic hydroxyl groups is 1. The van der Waals surface area contributed by atoms with Gasteiger partial charge in [0.05, 0.1) is 11.3 Å². The molecular weight excluding hydrogens is 322 g/mol. The molecule has 0 radical (unpaired) electrons. The first kappa shape index (κ1) is 14.2. The molecule has 0 unspecified atom stereocenters. The molecule has 2 N–H and O–H groups in total. The predicted molar refractivity (Wildman–Crippen MR) is 79.7 cm³/mol. The van der Waals surface area contributed by atoms with Gasteiger partial charge in [0.15, 0.2) is 0 Å². The fourth-order valence-electron chi connectivity index (χ4n) is 1.55. The summed E-state index contributed by atoms with van der Waals surface area (Å²) in [5, 5.41) is 13.7. The Balaban J connectivity index is 2.15. The van der Waals surface area contributed by atoms with Gasteiger partial charge in [-0.25, -0.2) is 5.43 Å². The van der Waals surface area contributed by atoms with Crippen molar-refractivity contribution >= 4 is 27.5 Å². The smallest absolute Gasteiger partial charge is 0.272 e. The van der Waals surface area contributed by atoms with E-state index in [9.17, 15) is 9.90 Å². The molecule has 102 valence electrons. The van der Waals surface area contributed by atoms with Crippen LogP contribution in [0.1, 0.15) is 22.8 Å². The maximum absolute atomic E-state index is 11.8. The summed E-state index contributed by atoms with van der Waals surface area (Å²) in [4.78, 5) is 15.7. The number of carbonyl (C=O) groups is 1. The van der Waals surface area contributed by atoms with Gasteiger partial charge < -0.3 is 5.11 Å². The zero-order valence-electron chi connectivity index (χ0n) is 10.7. The molecule has 0 aliphatic heterocycles. The van der Waals surface area contributed by atoms with Crippen LogP contribution in [0, 0.1) is 0 Å². The first-order valence-electron chi connectivity index (χ1n) is 5.81. The van der Waals surface area contributed by atoms with Crippen LogP contribution in [0.4, 0.5) is 0 Å². The molecule has 0 aliphatic carbocycles. The van der Waals surface area contributed by atoms with E-state index in [0.717, 1.165) is 4.47 Å². The molecule has 6 heteroatoms. The normalized spacial score (nSPS) is 11.2. The fourth-order valence-corrected chi connectivity index (χ4v) is 1.92. The molecule has 1 aromatic heterocycles. The zero-order chi connectivity index (χ0) is 14.5. The number of nitrogens with zero attached hydrogens (tertiary/aromatic N) is 2. The first-order chi connectivity index (χ1) is 9.58. The Hall–Kier alpha value is -2.21. The highest BCUT2D eigenvalue weighted by atomic mass is 79.9. The summed E-state index contributed by atoms with van der Waals surface area (Å²) in [5.74, 6) is -0.253. The van der Waals surface area contributed by atoms with Crippen molar-refractivity contribution in [1.82, 2.24) is 10.4 Å². The van der Waals surface area contributed by atoms with Crippen molar-refractivity contribution in [3.63, 3.8) is 0 Å². The number of amides is 1. The number of phenols is 1. The third-order valence-electron chi connectivity index (χ3n) is 2.60. The lowest BCUT2D eigenvalue weighted by Crippen LogP contribution is -2.19. The van der Waals surface area contributed by atoms with Gasteiger partial charge in [-0.15, -0.1) is 0 Å². The van der Waals surface area contributed by atoms with Gasteiger partial charge in [-0.05, 0) is 37.3 Å². The van der Waals surface area contributed by atoms with Gasteiger partial charge in [0, 0.05) is 22.4 Å². The van der Waals surface area contributed by atoms with Crippen LogP contribution in [0.2, 0.25) is 0 Å². The van der Waals surface area contributed by atoms with E-state index in [0.29, 0.717) is 16.8 Å². The Kier molecular flexibility index (Phi) is 4.47. The van der Waals surface area contributed by atoms with Gasteiger partial charge in [0.2, 0.25) is 0 Å². The second-order valence-corrected chi connectivity index (χ2v) is 4.96. The number of nitrogens with one attached hydrogen (secondary N) is 1. The number of carbonyl (C=O) groups excluding carboxylic acids is 1. The van der Waals surface area contributed by atoms with Crippen LogP contribution in [0.3, 0.4) is 0 Å². The average Bonchev–Trinajstić information content (AvgIpc) is 2.47. The zero-order valence-corrected chi connectivity index (χ0v) is 12.3. The maximum Gasteiger partial charge on any atom is 0.272 e. The number of aromatic nitrogens is 1. The van der Waals surface area contributed by atoms with Gasteiger partial charge in [0.25, 0.3) is 5.91 Å². The lowest BCUT2D eigenvalue weighted by Gasteiger charge is -2.05. The van der Waals surface area contributed by atoms with E-state index < -0.39 is 0 Å². The first-order valence-corrected chi connectivity index (χ1v) is 6.61. The molecule has 20 heavy (non-hydrogen) atoms. The fraction of sp³-hybridized carbons (Fsp3) is 0.0714. The molecule has 0 aliphatic rings. The lowest BCUT2D eigenvalue weighted by atomic mass is 10.1. The number of pyridine rings is 1. The largest absolute Gasteiger partial charge is 0.507 e. The van der Waals surface area contributed by atoms with Crippen LogP contribution in [0.15, 0.2) is 52.3 Å². The topological polar surface area (TPSA) is 74.6 Å². The van der Waals surface area contributed by atoms with Crippen molar-refractivity contribution < 1.29 is 9.90 Å². The minimum absolute atomic E-state index is 0.102. The standard InChI is InChI=1S/C14H12BrN3O2/c1-9(12-7-11(15)4-5-13(12)19)17-18-14(20)10-3-2-6-16-8-10/h2-8,19H,1H3,(H,18,20)/b17-9+. The molecule has 0 saturated heterocycles. The van der Waals surface area contributed by atoms with Crippen molar-refractivity contribution in [2.75, 3.05) is 0 Å². The third kappa shape index (κ3) is 3.42. The van der Waals surface area contributed by atoms with E-state index in [1.807, 2.05) is 0 Å². The van der Waals surface area contributed by atoms with Crippen LogP contribution in [-0.2, 0) is 0 Å². The van der Waals surface area contributed by atoms with Crippen molar-refractivity contribution in [2.24, 2.45) is 5.10 Å². The van der Waals surface area contributed by atoms with Gasteiger partial charge >= 0.3 is 0 Å². The predicted octanol–water partition coefficient (Wildman–Crippen LogP) is 2.70. The Morgan fingerprint density at radius 1 is 1.40 bits per heavy atom. The van der Waals surface area contributed by atoms with Gasteiger partial charge in [-0.1, -0.05) is 15.9 Å². The Morgan fingerprint density at radius 2 is 2.20 bits per heavy atom. The van der Waals surface area contributed by atoms with Crippen LogP contribution >= 0.6 is 15.9 Å². The molecule has 0 spiro atoms. The van der Waals surface area contributed by atoms with Gasteiger partial charge in [-0.2, -0.15) is 5.10 Å². The number of phenolic OH excluding ortho intramolecular Hbond substituents is 1. The number of benzene rings is 1. The summed E-state index contributed by atoms with van der Waals surface area (Å²) in [5.41, 5.74) is 3.89. The van der Waals surface area contributed by atoms with E-state index in [1.165, 1.54) is 6.20 Å². The van der Waals surface area contributed by atoms with Crippen molar-refractivity contribution in [3.8, 4) is 5.75 Å². The van der Waals surface area contributed by atoms with Crippen molar-refractivity contribution in [2.45, 2.75) is 6.92 Å². The van der Waals surface area contributed by atoms with Crippen LogP contribution in [0.5, 0.6) is 5.75 Å². The van der Waals surface area contributed by atoms with Crippen LogP contribution in [0.25, 0.3) is 0 Å². The number of hydrogen-bond donors (Lipinski definition) is 2. The Labute approximate surface area is 124 Å². The maximum atomic E-state index is 11.8. The van der Waals surface area contributed by atoms with Crippen molar-refractivity contribution in [1.29, 1.82) is 0 Å². The van der Waals surface area contributed by atoms with E-state index in [4.69, 9.17) is 0 Å². The lowest BCUT2D eigenvalue weighted by molar-refractivity contribution is 0.0954. The number of rotatable bonds is 3. The minimum atomic E-state index is -0.355. The van der Waals surface area contributed by atoms with Crippen LogP contribution < -0.4 is 5.43 Å². The minimum Gasteiger partial charge on any atom is -0.507 e. The molecule has 1 aromatic carbocycles. The molecule has 0 atom stereocenters. The Morgan fingerprint density at radius 3 is 2.90 bits per heavy atom. The van der Waals surface area contributed by atoms with Gasteiger partial charge in [-0.3, -0.25) is 9.78 Å². The molecule has 1 amide bonds. The molecule has 0 fully saturated rings. The van der Waals surface area contributed by atoms with Crippen LogP contribution in [-0.4, -0.2) is 21.7 Å². The average molecular weight is 334 g/mol. The van der Waals surface area contributed by atoms with E-state index in [-0.39, 0.29) is 11.7 Å². The quantitative estimate of drug-likeness (QED) is 0.669. The SMILES string of the molecule is C/C(=N\NC(=O)c1cccnc1)c1cc(Br)ccc1O. The molecule has 0 saturated carbocycles. The number of halogens is 1. The van der Waals surface area contributed by atoms with E-state index in [2.05, 4.69) is 31.4 Å². The molecular formula is C14H12BrN3O2. The summed E-state index contributed by atoms with van der Waals surface area (Å²) in [6, 6.07) is 8.32. The van der Waals surface area contributed by atoms with E-state index >= 15 is 0 Å². The summed E-state index contributed by atoms with van der Waals surface area (Å²) in [6.45, 7) is 1.70. The molecule has 2 aromatic rings.